The van der Waals surface area contributed by atoms with Gasteiger partial charge in [0.05, 0.1) is 32.2 Å². The molecule has 1 fully saturated rings. The Hall–Kier alpha value is -2.04. The number of anilines is 1. The van der Waals surface area contributed by atoms with E-state index in [0.29, 0.717) is 11.6 Å². The highest BCUT2D eigenvalue weighted by molar-refractivity contribution is 6.30. The van der Waals surface area contributed by atoms with Crippen molar-refractivity contribution in [2.24, 2.45) is 0 Å². The first-order chi connectivity index (χ1) is 12.1. The summed E-state index contributed by atoms with van der Waals surface area (Å²) in [4.78, 5) is 16.1. The first-order valence-corrected chi connectivity index (χ1v) is 9.18. The monoisotopic (exact) mass is 358 g/mol. The molecule has 0 aromatic heterocycles. The van der Waals surface area contributed by atoms with E-state index in [1.165, 1.54) is 10.6 Å². The molecule has 0 radical (unpaired) electrons. The number of carbonyl (C=O) groups excluding carboxylic acids is 1. The van der Waals surface area contributed by atoms with Crippen LogP contribution in [0.2, 0.25) is 5.02 Å². The summed E-state index contributed by atoms with van der Waals surface area (Å²) in [5, 5.41) is 3.78. The van der Waals surface area contributed by atoms with E-state index in [0.717, 1.165) is 31.7 Å². The van der Waals surface area contributed by atoms with Gasteiger partial charge in [0.15, 0.2) is 6.54 Å². The van der Waals surface area contributed by atoms with Crippen LogP contribution in [0.3, 0.4) is 0 Å². The number of amides is 1. The highest BCUT2D eigenvalue weighted by atomic mass is 35.5. The van der Waals surface area contributed by atoms with Crippen molar-refractivity contribution in [2.45, 2.75) is 13.0 Å². The van der Waals surface area contributed by atoms with Gasteiger partial charge in [0, 0.05) is 10.7 Å². The predicted octanol–water partition coefficient (Wildman–Crippen LogP) is 1.92. The number of benzene rings is 2. The Labute approximate surface area is 154 Å². The second-order valence-corrected chi connectivity index (χ2v) is 7.03. The average molecular weight is 359 g/mol. The van der Waals surface area contributed by atoms with Crippen LogP contribution in [0.5, 0.6) is 0 Å². The first-order valence-electron chi connectivity index (χ1n) is 8.80. The summed E-state index contributed by atoms with van der Waals surface area (Å²) in [6.07, 6.45) is 0. The van der Waals surface area contributed by atoms with Crippen LogP contribution in [0.4, 0.5) is 5.69 Å². The third-order valence-electron chi connectivity index (χ3n) is 4.73. The second kappa shape index (κ2) is 8.37. The third-order valence-corrected chi connectivity index (χ3v) is 4.96. The highest BCUT2D eigenvalue weighted by Gasteiger charge is 2.23. The number of nitrogens with zero attached hydrogens (tertiary/aromatic N) is 1. The molecule has 4 nitrogen and oxygen atoms in total. The molecule has 2 aromatic rings. The smallest absolute Gasteiger partial charge is 0.275 e. The molecular formula is C20H25ClN3O+. The van der Waals surface area contributed by atoms with E-state index in [-0.39, 0.29) is 11.9 Å². The fourth-order valence-corrected chi connectivity index (χ4v) is 3.47. The van der Waals surface area contributed by atoms with Gasteiger partial charge in [-0.05, 0) is 36.8 Å². The van der Waals surface area contributed by atoms with Crippen LogP contribution < -0.4 is 15.1 Å². The summed E-state index contributed by atoms with van der Waals surface area (Å²) in [5.41, 5.74) is 2.30. The molecule has 1 heterocycles. The Morgan fingerprint density at radius 1 is 1.16 bits per heavy atom. The zero-order valence-corrected chi connectivity index (χ0v) is 15.3. The number of para-hydroxylation sites is 1. The summed E-state index contributed by atoms with van der Waals surface area (Å²) < 4.78 is 0. The molecule has 25 heavy (non-hydrogen) atoms. The van der Waals surface area contributed by atoms with E-state index in [9.17, 15) is 4.79 Å². The number of piperazine rings is 1. The second-order valence-electron chi connectivity index (χ2n) is 6.59. The summed E-state index contributed by atoms with van der Waals surface area (Å²) >= 11 is 6.02. The molecule has 3 rings (SSSR count). The maximum absolute atomic E-state index is 12.4. The molecule has 1 aliphatic rings. The van der Waals surface area contributed by atoms with Gasteiger partial charge in [-0.3, -0.25) is 4.79 Å². The number of hydrogen-bond donors (Lipinski definition) is 2. The molecule has 0 unspecified atom stereocenters. The van der Waals surface area contributed by atoms with Crippen molar-refractivity contribution in [3.63, 3.8) is 0 Å². The average Bonchev–Trinajstić information content (AvgIpc) is 2.63. The molecule has 0 aliphatic carbocycles. The topological polar surface area (TPSA) is 36.8 Å². The first kappa shape index (κ1) is 17.8. The van der Waals surface area contributed by atoms with E-state index < -0.39 is 0 Å². The van der Waals surface area contributed by atoms with E-state index in [4.69, 9.17) is 11.6 Å². The fourth-order valence-electron chi connectivity index (χ4n) is 3.28. The lowest BCUT2D eigenvalue weighted by Crippen LogP contribution is -3.15. The molecule has 1 aliphatic heterocycles. The Bertz CT molecular complexity index is 699. The Balaban J connectivity index is 1.46. The normalized spacial score (nSPS) is 16.5. The minimum atomic E-state index is -0.0313. The van der Waals surface area contributed by atoms with Gasteiger partial charge in [0.1, 0.15) is 0 Å². The quantitative estimate of drug-likeness (QED) is 0.856. The van der Waals surface area contributed by atoms with Crippen molar-refractivity contribution in [1.82, 2.24) is 5.32 Å². The lowest BCUT2D eigenvalue weighted by Gasteiger charge is -2.33. The van der Waals surface area contributed by atoms with Gasteiger partial charge >= 0.3 is 0 Å². The van der Waals surface area contributed by atoms with Crippen LogP contribution in [0.25, 0.3) is 0 Å². The molecular weight excluding hydrogens is 334 g/mol. The lowest BCUT2D eigenvalue weighted by molar-refractivity contribution is -0.892. The van der Waals surface area contributed by atoms with Gasteiger partial charge in [-0.15, -0.1) is 0 Å². The Kier molecular flexibility index (Phi) is 5.95. The van der Waals surface area contributed by atoms with Crippen molar-refractivity contribution in [3.05, 3.63) is 65.2 Å². The molecule has 2 aromatic carbocycles. The van der Waals surface area contributed by atoms with Crippen LogP contribution in [0, 0.1) is 0 Å². The van der Waals surface area contributed by atoms with Crippen molar-refractivity contribution < 1.29 is 9.69 Å². The third kappa shape index (κ3) is 4.97. The fraction of sp³-hybridized carbons (Fsp3) is 0.350. The van der Waals surface area contributed by atoms with Gasteiger partial charge < -0.3 is 15.1 Å². The summed E-state index contributed by atoms with van der Waals surface area (Å²) in [7, 11) is 0. The van der Waals surface area contributed by atoms with Gasteiger partial charge in [-0.2, -0.15) is 0 Å². The number of hydrogen-bond acceptors (Lipinski definition) is 2. The van der Waals surface area contributed by atoms with Gasteiger partial charge in [-0.25, -0.2) is 0 Å². The van der Waals surface area contributed by atoms with Gasteiger partial charge in [0.25, 0.3) is 5.91 Å². The highest BCUT2D eigenvalue weighted by Crippen LogP contribution is 2.17. The maximum atomic E-state index is 12.4. The van der Waals surface area contributed by atoms with Gasteiger partial charge in [-0.1, -0.05) is 41.9 Å². The number of quaternary nitrogens is 1. The summed E-state index contributed by atoms with van der Waals surface area (Å²) in [6, 6.07) is 18.1. The van der Waals surface area contributed by atoms with E-state index >= 15 is 0 Å². The van der Waals surface area contributed by atoms with E-state index in [1.807, 2.05) is 37.3 Å². The van der Waals surface area contributed by atoms with Crippen LogP contribution in [-0.4, -0.2) is 38.6 Å². The van der Waals surface area contributed by atoms with E-state index in [2.05, 4.69) is 34.5 Å². The van der Waals surface area contributed by atoms with Crippen molar-refractivity contribution in [1.29, 1.82) is 0 Å². The maximum Gasteiger partial charge on any atom is 0.275 e. The number of halogens is 1. The Morgan fingerprint density at radius 2 is 1.88 bits per heavy atom. The van der Waals surface area contributed by atoms with E-state index in [1.54, 1.807) is 0 Å². The largest absolute Gasteiger partial charge is 0.360 e. The molecule has 0 bridgehead atoms. The molecule has 0 saturated carbocycles. The minimum absolute atomic E-state index is 0.0313. The van der Waals surface area contributed by atoms with Gasteiger partial charge in [0.2, 0.25) is 0 Å². The number of rotatable bonds is 5. The van der Waals surface area contributed by atoms with Crippen molar-refractivity contribution in [2.75, 3.05) is 37.6 Å². The Morgan fingerprint density at radius 3 is 2.56 bits per heavy atom. The molecule has 1 saturated heterocycles. The molecule has 1 amide bonds. The van der Waals surface area contributed by atoms with Crippen LogP contribution in [0.1, 0.15) is 18.5 Å². The molecule has 0 spiro atoms. The van der Waals surface area contributed by atoms with Crippen LogP contribution >= 0.6 is 11.6 Å². The van der Waals surface area contributed by atoms with Crippen molar-refractivity contribution in [3.8, 4) is 0 Å². The SMILES string of the molecule is C[C@H](NC(=O)C[NH+]1CCN(c2ccccc2)CC1)c1cccc(Cl)c1. The number of nitrogens with one attached hydrogen (secondary N) is 2. The molecule has 1 atom stereocenters. The lowest BCUT2D eigenvalue weighted by atomic mass is 10.1. The minimum Gasteiger partial charge on any atom is -0.360 e. The molecule has 132 valence electrons. The van der Waals surface area contributed by atoms with Crippen molar-refractivity contribution >= 4 is 23.2 Å². The standard InChI is InChI=1S/C20H24ClN3O/c1-16(17-6-5-7-18(21)14-17)22-20(25)15-23-10-12-24(13-11-23)19-8-3-2-4-9-19/h2-9,14,16H,10-13,15H2,1H3,(H,22,25)/p+1/t16-/m0/s1. The van der Waals surface area contributed by atoms with Crippen LogP contribution in [0.15, 0.2) is 54.6 Å². The van der Waals surface area contributed by atoms with Crippen LogP contribution in [-0.2, 0) is 4.79 Å². The zero-order chi connectivity index (χ0) is 17.6. The molecule has 2 N–H and O–H groups in total. The summed E-state index contributed by atoms with van der Waals surface area (Å²) in [6.45, 7) is 6.44. The zero-order valence-electron chi connectivity index (χ0n) is 14.5. The predicted molar refractivity (Wildman–Crippen MR) is 102 cm³/mol. The summed E-state index contributed by atoms with van der Waals surface area (Å²) in [5.74, 6) is 0.0932. The number of carbonyl (C=O) groups is 1. The molecule has 5 heteroatoms.